The normalized spacial score (nSPS) is 10.2. The van der Waals surface area contributed by atoms with Crippen LogP contribution in [0.4, 0.5) is 0 Å². The van der Waals surface area contributed by atoms with Gasteiger partial charge in [-0.05, 0) is 25.7 Å². The Morgan fingerprint density at radius 2 is 1.00 bits per heavy atom. The van der Waals surface area contributed by atoms with Crippen molar-refractivity contribution in [3.05, 3.63) is 0 Å². The Hall–Kier alpha value is -0.750. The highest BCUT2D eigenvalue weighted by Gasteiger charge is 2.22. The molecular weight excluding hydrogens is 200 g/mol. The number of rotatable bonds is 8. The maximum atomic E-state index is 6.88. The van der Waals surface area contributed by atoms with Crippen molar-refractivity contribution in [2.75, 3.05) is 26.2 Å². The first-order valence-electron chi connectivity index (χ1n) is 6.54. The monoisotopic (exact) mass is 229 g/mol. The smallest absolute Gasteiger partial charge is 0.283 e. The van der Waals surface area contributed by atoms with Gasteiger partial charge in [0.05, 0.1) is 26.2 Å². The molecule has 0 rings (SSSR count). The topological polar surface area (TPSA) is 44.0 Å². The fourth-order valence-electron chi connectivity index (χ4n) is 2.57. The lowest BCUT2D eigenvalue weighted by Crippen LogP contribution is -2.50. The number of hydrogen-bond acceptors (Lipinski definition) is 2. The van der Waals surface area contributed by atoms with E-state index in [1.165, 1.54) is 56.3 Å². The Bertz CT molecular complexity index is 146. The second kappa shape index (κ2) is 12.3. The molecule has 0 aliphatic heterocycles. The summed E-state index contributed by atoms with van der Waals surface area (Å²) in [7, 11) is 0. The van der Waals surface area contributed by atoms with E-state index in [2.05, 4.69) is 27.7 Å². The van der Waals surface area contributed by atoms with Crippen molar-refractivity contribution < 1.29 is 9.59 Å². The van der Waals surface area contributed by atoms with Gasteiger partial charge in [0.15, 0.2) is 0 Å². The molecule has 16 heavy (non-hydrogen) atoms. The molecule has 0 aliphatic rings. The third-order valence-corrected chi connectivity index (χ3v) is 2.79. The molecule has 0 aliphatic carbocycles. The molecule has 0 unspecified atom stereocenters. The zero-order valence-corrected chi connectivity index (χ0v) is 11.5. The van der Waals surface area contributed by atoms with Gasteiger partial charge < -0.3 is 9.59 Å². The molecule has 0 atom stereocenters. The number of aliphatic hydroxyl groups is 1. The van der Waals surface area contributed by atoms with Crippen LogP contribution in [0.1, 0.15) is 53.4 Å². The summed E-state index contributed by atoms with van der Waals surface area (Å²) in [6.45, 7) is 14.8. The average molecular weight is 229 g/mol. The van der Waals surface area contributed by atoms with E-state index in [1.54, 1.807) is 0 Å². The molecule has 0 aromatic heterocycles. The molecule has 0 spiro atoms. The van der Waals surface area contributed by atoms with Crippen molar-refractivity contribution in [1.82, 2.24) is 0 Å². The van der Waals surface area contributed by atoms with Gasteiger partial charge in [0.1, 0.15) is 0 Å². The third-order valence-electron chi connectivity index (χ3n) is 2.79. The summed E-state index contributed by atoms with van der Waals surface area (Å²) in [6, 6.07) is 0. The Labute approximate surface area is 101 Å². The van der Waals surface area contributed by atoms with Crippen LogP contribution in [0.2, 0.25) is 0 Å². The molecular formula is C13H29N2O+. The Morgan fingerprint density at radius 1 is 0.812 bits per heavy atom. The predicted octanol–water partition coefficient (Wildman–Crippen LogP) is 3.28. The predicted molar refractivity (Wildman–Crippen MR) is 68.4 cm³/mol. The number of nitrogens with zero attached hydrogens (tertiary/aromatic N) is 2. The van der Waals surface area contributed by atoms with Crippen LogP contribution in [0.5, 0.6) is 0 Å². The van der Waals surface area contributed by atoms with E-state index in [9.17, 15) is 0 Å². The van der Waals surface area contributed by atoms with Gasteiger partial charge in [-0.15, -0.1) is 0 Å². The molecule has 1 N–H and O–H groups in total. The first kappa shape index (κ1) is 17.6. The van der Waals surface area contributed by atoms with Crippen LogP contribution in [-0.2, 0) is 0 Å². The molecule has 0 aromatic carbocycles. The quantitative estimate of drug-likeness (QED) is 0.513. The molecule has 0 saturated heterocycles. The second-order valence-electron chi connectivity index (χ2n) is 4.34. The van der Waals surface area contributed by atoms with E-state index in [4.69, 9.17) is 10.4 Å². The summed E-state index contributed by atoms with van der Waals surface area (Å²) in [5, 5.41) is 13.8. The van der Waals surface area contributed by atoms with Gasteiger partial charge >= 0.3 is 0 Å². The lowest BCUT2D eigenvalue weighted by molar-refractivity contribution is -0.928. The molecule has 0 radical (unpaired) electrons. The largest absolute Gasteiger partial charge is 0.443 e. The molecule has 0 heterocycles. The SMILES string of the molecule is CCC[N+](CCC)(CCC)CCC.N#CO. The van der Waals surface area contributed by atoms with Crippen LogP contribution in [-0.4, -0.2) is 35.8 Å². The van der Waals surface area contributed by atoms with Crippen LogP contribution in [0.15, 0.2) is 0 Å². The van der Waals surface area contributed by atoms with E-state index in [-0.39, 0.29) is 0 Å². The highest BCUT2D eigenvalue weighted by atomic mass is 16.2. The fraction of sp³-hybridized carbons (Fsp3) is 0.923. The molecule has 3 nitrogen and oxygen atoms in total. The van der Waals surface area contributed by atoms with Crippen molar-refractivity contribution in [3.8, 4) is 6.26 Å². The molecule has 0 aromatic rings. The van der Waals surface area contributed by atoms with E-state index >= 15 is 0 Å². The van der Waals surface area contributed by atoms with Crippen LogP contribution < -0.4 is 0 Å². The second-order valence-corrected chi connectivity index (χ2v) is 4.34. The lowest BCUT2D eigenvalue weighted by Gasteiger charge is -2.38. The zero-order valence-electron chi connectivity index (χ0n) is 11.5. The summed E-state index contributed by atoms with van der Waals surface area (Å²) >= 11 is 0. The van der Waals surface area contributed by atoms with Crippen LogP contribution in [0.3, 0.4) is 0 Å². The van der Waals surface area contributed by atoms with E-state index < -0.39 is 0 Å². The fourth-order valence-corrected chi connectivity index (χ4v) is 2.57. The van der Waals surface area contributed by atoms with Crippen molar-refractivity contribution >= 4 is 0 Å². The molecule has 3 heteroatoms. The van der Waals surface area contributed by atoms with Crippen molar-refractivity contribution in [2.45, 2.75) is 53.4 Å². The number of quaternary nitrogens is 1. The first-order valence-corrected chi connectivity index (χ1v) is 6.54. The average Bonchev–Trinajstić information content (AvgIpc) is 2.20. The van der Waals surface area contributed by atoms with E-state index in [0.717, 1.165) is 6.26 Å². The Morgan fingerprint density at radius 3 is 1.12 bits per heavy atom. The van der Waals surface area contributed by atoms with Gasteiger partial charge in [-0.25, -0.2) is 0 Å². The van der Waals surface area contributed by atoms with Crippen molar-refractivity contribution in [3.63, 3.8) is 0 Å². The number of nitriles is 1. The lowest BCUT2D eigenvalue weighted by atomic mass is 10.2. The molecule has 96 valence electrons. The molecule has 0 fully saturated rings. The first-order chi connectivity index (χ1) is 7.66. The summed E-state index contributed by atoms with van der Waals surface area (Å²) in [4.78, 5) is 0. The van der Waals surface area contributed by atoms with Crippen LogP contribution >= 0.6 is 0 Å². The Balaban J connectivity index is 0. The standard InChI is InChI=1S/C12H28N.CHNO/c1-5-9-13(10-6-2,11-7-3)12-8-4;2-1-3/h5-12H2,1-4H3;3H/q+1;. The molecule has 0 bridgehead atoms. The van der Waals surface area contributed by atoms with Gasteiger partial charge in [-0.1, -0.05) is 27.7 Å². The third kappa shape index (κ3) is 8.55. The van der Waals surface area contributed by atoms with E-state index in [0.29, 0.717) is 0 Å². The number of aliphatic hydroxyl groups excluding tert-OH is 1. The summed E-state index contributed by atoms with van der Waals surface area (Å²) in [5.74, 6) is 0. The van der Waals surface area contributed by atoms with Gasteiger partial charge in [-0.3, -0.25) is 0 Å². The summed E-state index contributed by atoms with van der Waals surface area (Å²) < 4.78 is 1.38. The maximum Gasteiger partial charge on any atom is 0.283 e. The van der Waals surface area contributed by atoms with Crippen LogP contribution in [0, 0.1) is 11.5 Å². The van der Waals surface area contributed by atoms with E-state index in [1.807, 2.05) is 0 Å². The molecule has 0 amide bonds. The highest BCUT2D eigenvalue weighted by Crippen LogP contribution is 2.12. The zero-order chi connectivity index (χ0) is 12.9. The highest BCUT2D eigenvalue weighted by molar-refractivity contribution is 4.43. The summed E-state index contributed by atoms with van der Waals surface area (Å²) in [6.07, 6.45) is 6.08. The van der Waals surface area contributed by atoms with Crippen molar-refractivity contribution in [1.29, 1.82) is 5.26 Å². The minimum Gasteiger partial charge on any atom is -0.443 e. The van der Waals surface area contributed by atoms with Gasteiger partial charge in [0, 0.05) is 0 Å². The van der Waals surface area contributed by atoms with Gasteiger partial charge in [-0.2, -0.15) is 5.26 Å². The molecule has 0 saturated carbocycles. The minimum absolute atomic E-state index is 0.750. The Kier molecular flexibility index (Phi) is 13.6. The van der Waals surface area contributed by atoms with Gasteiger partial charge in [0.25, 0.3) is 6.26 Å². The van der Waals surface area contributed by atoms with Crippen LogP contribution in [0.25, 0.3) is 0 Å². The number of hydrogen-bond donors (Lipinski definition) is 1. The minimum atomic E-state index is 0.750. The maximum absolute atomic E-state index is 6.88. The van der Waals surface area contributed by atoms with Gasteiger partial charge in [0.2, 0.25) is 0 Å². The van der Waals surface area contributed by atoms with Crippen molar-refractivity contribution in [2.24, 2.45) is 0 Å². The summed E-state index contributed by atoms with van der Waals surface area (Å²) in [5.41, 5.74) is 0.